The van der Waals surface area contributed by atoms with Gasteiger partial charge in [0.2, 0.25) is 0 Å². The number of piperidine rings is 1. The molecule has 1 saturated heterocycles. The Balaban J connectivity index is 2.17. The van der Waals surface area contributed by atoms with Gasteiger partial charge in [0.15, 0.2) is 0 Å². The van der Waals surface area contributed by atoms with Crippen LogP contribution in [0.4, 0.5) is 5.69 Å². The van der Waals surface area contributed by atoms with Crippen molar-refractivity contribution in [3.63, 3.8) is 0 Å². The molecule has 1 aliphatic heterocycles. The van der Waals surface area contributed by atoms with Crippen LogP contribution in [0.25, 0.3) is 10.4 Å². The summed E-state index contributed by atoms with van der Waals surface area (Å²) in [5.41, 5.74) is 9.44. The van der Waals surface area contributed by atoms with Gasteiger partial charge in [0.1, 0.15) is 0 Å². The van der Waals surface area contributed by atoms with Gasteiger partial charge >= 0.3 is 0 Å². The van der Waals surface area contributed by atoms with E-state index in [1.807, 2.05) is 4.90 Å². The van der Waals surface area contributed by atoms with Crippen LogP contribution in [0.2, 0.25) is 0 Å². The summed E-state index contributed by atoms with van der Waals surface area (Å²) in [4.78, 5) is 16.7. The van der Waals surface area contributed by atoms with Crippen molar-refractivity contribution in [3.8, 4) is 0 Å². The molecule has 17 heavy (non-hydrogen) atoms. The number of nitrogens with zero attached hydrogens (tertiary/aromatic N) is 4. The lowest BCUT2D eigenvalue weighted by Crippen LogP contribution is -2.35. The maximum absolute atomic E-state index is 12.1. The highest BCUT2D eigenvalue weighted by atomic mass is 16.2. The van der Waals surface area contributed by atoms with Crippen LogP contribution in [0.15, 0.2) is 29.4 Å². The van der Waals surface area contributed by atoms with Gasteiger partial charge in [-0.15, -0.1) is 0 Å². The highest BCUT2D eigenvalue weighted by Gasteiger charge is 2.17. The number of carbonyl (C=O) groups excluding carboxylic acids is 1. The lowest BCUT2D eigenvalue weighted by Gasteiger charge is -2.26. The minimum Gasteiger partial charge on any atom is -0.339 e. The van der Waals surface area contributed by atoms with Gasteiger partial charge in [-0.2, -0.15) is 0 Å². The standard InChI is InChI=1S/C12H14N4O/c13-15-14-11-6-4-5-10(9-11)12(17)16-7-2-1-3-8-16/h4-6,9H,1-3,7-8H2. The first-order valence-electron chi connectivity index (χ1n) is 5.76. The molecule has 1 heterocycles. The summed E-state index contributed by atoms with van der Waals surface area (Å²) in [6.07, 6.45) is 3.34. The first-order valence-corrected chi connectivity index (χ1v) is 5.76. The molecule has 1 fully saturated rings. The first-order chi connectivity index (χ1) is 8.31. The largest absolute Gasteiger partial charge is 0.339 e. The molecule has 0 spiro atoms. The number of hydrogen-bond donors (Lipinski definition) is 0. The Hall–Kier alpha value is -2.00. The van der Waals surface area contributed by atoms with Crippen molar-refractivity contribution in [3.05, 3.63) is 40.3 Å². The van der Waals surface area contributed by atoms with Gasteiger partial charge < -0.3 is 4.90 Å². The molecule has 0 bridgehead atoms. The number of rotatable bonds is 2. The highest BCUT2D eigenvalue weighted by Crippen LogP contribution is 2.18. The third-order valence-corrected chi connectivity index (χ3v) is 2.90. The van der Waals surface area contributed by atoms with Crippen molar-refractivity contribution in [1.29, 1.82) is 0 Å². The third-order valence-electron chi connectivity index (χ3n) is 2.90. The average Bonchev–Trinajstić information content (AvgIpc) is 2.40. The van der Waals surface area contributed by atoms with Crippen molar-refractivity contribution in [2.45, 2.75) is 19.3 Å². The van der Waals surface area contributed by atoms with Crippen molar-refractivity contribution in [1.82, 2.24) is 4.90 Å². The summed E-state index contributed by atoms with van der Waals surface area (Å²) in [6.45, 7) is 1.65. The van der Waals surface area contributed by atoms with Crippen LogP contribution in [0.5, 0.6) is 0 Å². The van der Waals surface area contributed by atoms with Crippen LogP contribution in [0, 0.1) is 0 Å². The molecule has 0 aliphatic carbocycles. The van der Waals surface area contributed by atoms with E-state index in [2.05, 4.69) is 10.0 Å². The summed E-state index contributed by atoms with van der Waals surface area (Å²) in [5.74, 6) is 0.0275. The van der Waals surface area contributed by atoms with Crippen LogP contribution in [-0.4, -0.2) is 23.9 Å². The van der Waals surface area contributed by atoms with E-state index in [1.165, 1.54) is 6.42 Å². The van der Waals surface area contributed by atoms with E-state index < -0.39 is 0 Å². The van der Waals surface area contributed by atoms with Crippen LogP contribution in [-0.2, 0) is 0 Å². The van der Waals surface area contributed by atoms with E-state index >= 15 is 0 Å². The number of amides is 1. The van der Waals surface area contributed by atoms with Gasteiger partial charge in [-0.1, -0.05) is 17.2 Å². The fourth-order valence-electron chi connectivity index (χ4n) is 2.03. The average molecular weight is 230 g/mol. The Morgan fingerprint density at radius 3 is 2.76 bits per heavy atom. The second kappa shape index (κ2) is 5.37. The SMILES string of the molecule is [N-]=[N+]=Nc1cccc(C(=O)N2CCCCC2)c1. The first kappa shape index (κ1) is 11.5. The molecule has 0 atom stereocenters. The molecule has 0 N–H and O–H groups in total. The summed E-state index contributed by atoms with van der Waals surface area (Å²) in [5, 5.41) is 3.50. The Morgan fingerprint density at radius 1 is 1.29 bits per heavy atom. The molecule has 5 nitrogen and oxygen atoms in total. The lowest BCUT2D eigenvalue weighted by atomic mass is 10.1. The zero-order valence-corrected chi connectivity index (χ0v) is 9.54. The molecular formula is C12H14N4O. The number of benzene rings is 1. The molecule has 0 radical (unpaired) electrons. The van der Waals surface area contributed by atoms with Gasteiger partial charge in [-0.25, -0.2) is 0 Å². The molecule has 2 rings (SSSR count). The predicted octanol–water partition coefficient (Wildman–Crippen LogP) is 3.25. The zero-order valence-electron chi connectivity index (χ0n) is 9.54. The molecule has 1 aromatic rings. The minimum absolute atomic E-state index is 0.0275. The summed E-state index contributed by atoms with van der Waals surface area (Å²) >= 11 is 0. The van der Waals surface area contributed by atoms with E-state index in [4.69, 9.17) is 5.53 Å². The summed E-state index contributed by atoms with van der Waals surface area (Å²) in [7, 11) is 0. The topological polar surface area (TPSA) is 69.1 Å². The van der Waals surface area contributed by atoms with Gasteiger partial charge in [0.05, 0.1) is 0 Å². The minimum atomic E-state index is 0.0275. The van der Waals surface area contributed by atoms with Gasteiger partial charge in [0, 0.05) is 29.3 Å². The van der Waals surface area contributed by atoms with Crippen LogP contribution in [0.3, 0.4) is 0 Å². The number of hydrogen-bond acceptors (Lipinski definition) is 2. The van der Waals surface area contributed by atoms with Crippen molar-refractivity contribution < 1.29 is 4.79 Å². The van der Waals surface area contributed by atoms with Crippen molar-refractivity contribution in [2.24, 2.45) is 5.11 Å². The smallest absolute Gasteiger partial charge is 0.253 e. The molecule has 5 heteroatoms. The van der Waals surface area contributed by atoms with Crippen molar-refractivity contribution in [2.75, 3.05) is 13.1 Å². The van der Waals surface area contributed by atoms with E-state index in [-0.39, 0.29) is 5.91 Å². The van der Waals surface area contributed by atoms with Gasteiger partial charge in [-0.05, 0) is 36.9 Å². The molecule has 1 aliphatic rings. The molecule has 0 aromatic heterocycles. The summed E-state index contributed by atoms with van der Waals surface area (Å²) in [6, 6.07) is 6.82. The van der Waals surface area contributed by atoms with E-state index in [9.17, 15) is 4.79 Å². The fourth-order valence-corrected chi connectivity index (χ4v) is 2.03. The molecule has 1 aromatic carbocycles. The van der Waals surface area contributed by atoms with Crippen LogP contribution >= 0.6 is 0 Å². The quantitative estimate of drug-likeness (QED) is 0.436. The lowest BCUT2D eigenvalue weighted by molar-refractivity contribution is 0.0724. The Labute approximate surface area is 99.7 Å². The number of carbonyl (C=O) groups is 1. The van der Waals surface area contributed by atoms with Crippen LogP contribution in [0.1, 0.15) is 29.6 Å². The molecule has 0 unspecified atom stereocenters. The second-order valence-electron chi connectivity index (χ2n) is 4.09. The van der Waals surface area contributed by atoms with E-state index in [0.29, 0.717) is 11.3 Å². The van der Waals surface area contributed by atoms with E-state index in [0.717, 1.165) is 25.9 Å². The highest BCUT2D eigenvalue weighted by molar-refractivity contribution is 5.95. The molecule has 88 valence electrons. The number of likely N-dealkylation sites (tertiary alicyclic amines) is 1. The second-order valence-corrected chi connectivity index (χ2v) is 4.09. The Kier molecular flexibility index (Phi) is 3.62. The Morgan fingerprint density at radius 2 is 2.06 bits per heavy atom. The monoisotopic (exact) mass is 230 g/mol. The maximum Gasteiger partial charge on any atom is 0.253 e. The van der Waals surface area contributed by atoms with Gasteiger partial charge in [0.25, 0.3) is 5.91 Å². The van der Waals surface area contributed by atoms with Crippen LogP contribution < -0.4 is 0 Å². The molecule has 0 saturated carbocycles. The number of azide groups is 1. The molecule has 1 amide bonds. The zero-order chi connectivity index (χ0) is 12.1. The third kappa shape index (κ3) is 2.77. The van der Waals surface area contributed by atoms with Crippen molar-refractivity contribution >= 4 is 11.6 Å². The summed E-state index contributed by atoms with van der Waals surface area (Å²) < 4.78 is 0. The van der Waals surface area contributed by atoms with Gasteiger partial charge in [-0.3, -0.25) is 4.79 Å². The fraction of sp³-hybridized carbons (Fsp3) is 0.417. The normalized spacial score (nSPS) is 15.2. The Bertz CT molecular complexity index is 459. The maximum atomic E-state index is 12.1. The predicted molar refractivity (Wildman–Crippen MR) is 65.0 cm³/mol. The molecular weight excluding hydrogens is 216 g/mol. The van der Waals surface area contributed by atoms with E-state index in [1.54, 1.807) is 24.3 Å².